The molecule has 5 nitrogen and oxygen atoms in total. The maximum atomic E-state index is 12.1. The third-order valence-corrected chi connectivity index (χ3v) is 3.49. The molecule has 0 aliphatic carbocycles. The summed E-state index contributed by atoms with van der Waals surface area (Å²) in [6.45, 7) is 0. The van der Waals surface area contributed by atoms with Crippen molar-refractivity contribution in [1.29, 1.82) is 0 Å². The van der Waals surface area contributed by atoms with E-state index in [0.29, 0.717) is 16.2 Å². The van der Waals surface area contributed by atoms with Crippen LogP contribution in [-0.2, 0) is 4.79 Å². The van der Waals surface area contributed by atoms with E-state index in [0.717, 1.165) is 11.3 Å². The predicted octanol–water partition coefficient (Wildman–Crippen LogP) is 2.96. The number of fused-ring (bicyclic) bond motifs is 1. The highest BCUT2D eigenvalue weighted by Gasteiger charge is 2.29. The number of amides is 1. The lowest BCUT2D eigenvalue weighted by molar-refractivity contribution is -0.123. The van der Waals surface area contributed by atoms with Gasteiger partial charge in [-0.05, 0) is 40.2 Å². The Kier molecular flexibility index (Phi) is 3.31. The molecule has 6 heteroatoms. The number of carbonyl (C=O) groups excluding carboxylic acids is 1. The van der Waals surface area contributed by atoms with Crippen LogP contribution >= 0.6 is 15.9 Å². The highest BCUT2D eigenvalue weighted by molar-refractivity contribution is 9.10. The first-order valence-electron chi connectivity index (χ1n) is 6.09. The Morgan fingerprint density at radius 3 is 2.70 bits per heavy atom. The van der Waals surface area contributed by atoms with Crippen LogP contribution in [-0.4, -0.2) is 17.9 Å². The molecule has 1 aliphatic heterocycles. The SMILES string of the molecule is CNc1ccc(C2Oc3ccc(Br)nc3NC2=O)cc1. The molecule has 1 unspecified atom stereocenters. The van der Waals surface area contributed by atoms with Gasteiger partial charge in [0.2, 0.25) is 6.10 Å². The van der Waals surface area contributed by atoms with Crippen molar-refractivity contribution in [1.82, 2.24) is 4.98 Å². The molecule has 0 radical (unpaired) electrons. The van der Waals surface area contributed by atoms with Gasteiger partial charge in [0.15, 0.2) is 11.6 Å². The summed E-state index contributed by atoms with van der Waals surface area (Å²) in [5, 5.41) is 5.79. The van der Waals surface area contributed by atoms with Gasteiger partial charge in [0, 0.05) is 18.3 Å². The molecule has 0 saturated carbocycles. The van der Waals surface area contributed by atoms with Crippen LogP contribution in [0.5, 0.6) is 5.75 Å². The van der Waals surface area contributed by atoms with Crippen molar-refractivity contribution < 1.29 is 9.53 Å². The van der Waals surface area contributed by atoms with Gasteiger partial charge in [-0.3, -0.25) is 4.79 Å². The normalized spacial score (nSPS) is 16.9. The number of hydrogen-bond donors (Lipinski definition) is 2. The zero-order chi connectivity index (χ0) is 14.1. The fourth-order valence-electron chi connectivity index (χ4n) is 2.01. The summed E-state index contributed by atoms with van der Waals surface area (Å²) in [7, 11) is 1.85. The van der Waals surface area contributed by atoms with Gasteiger partial charge >= 0.3 is 0 Å². The van der Waals surface area contributed by atoms with Crippen LogP contribution in [0, 0.1) is 0 Å². The summed E-state index contributed by atoms with van der Waals surface area (Å²) in [6, 6.07) is 11.1. The Labute approximate surface area is 124 Å². The Morgan fingerprint density at radius 2 is 2.00 bits per heavy atom. The standard InChI is InChI=1S/C14H12BrN3O2/c1-16-9-4-2-8(3-5-9)12-14(19)18-13-10(20-12)6-7-11(15)17-13/h2-7,12,16H,1H3,(H,17,18,19). The molecule has 3 rings (SSSR count). The van der Waals surface area contributed by atoms with E-state index in [1.807, 2.05) is 31.3 Å². The number of rotatable bonds is 2. The maximum absolute atomic E-state index is 12.1. The van der Waals surface area contributed by atoms with Crippen molar-refractivity contribution in [3.05, 3.63) is 46.6 Å². The van der Waals surface area contributed by atoms with E-state index in [4.69, 9.17) is 4.74 Å². The predicted molar refractivity (Wildman–Crippen MR) is 79.9 cm³/mol. The highest BCUT2D eigenvalue weighted by atomic mass is 79.9. The van der Waals surface area contributed by atoms with E-state index in [9.17, 15) is 4.79 Å². The number of benzene rings is 1. The smallest absolute Gasteiger partial charge is 0.271 e. The molecular weight excluding hydrogens is 322 g/mol. The van der Waals surface area contributed by atoms with E-state index in [-0.39, 0.29) is 5.91 Å². The fraction of sp³-hybridized carbons (Fsp3) is 0.143. The molecular formula is C14H12BrN3O2. The van der Waals surface area contributed by atoms with E-state index >= 15 is 0 Å². The minimum absolute atomic E-state index is 0.222. The molecule has 1 aromatic carbocycles. The average Bonchev–Trinajstić information content (AvgIpc) is 2.46. The molecule has 0 spiro atoms. The molecule has 0 bridgehead atoms. The third kappa shape index (κ3) is 2.34. The summed E-state index contributed by atoms with van der Waals surface area (Å²) in [4.78, 5) is 16.3. The molecule has 2 heterocycles. The second-order valence-corrected chi connectivity index (χ2v) is 5.15. The molecule has 1 atom stereocenters. The molecule has 102 valence electrons. The first kappa shape index (κ1) is 12.9. The second-order valence-electron chi connectivity index (χ2n) is 4.34. The number of pyridine rings is 1. The molecule has 2 aromatic rings. The van der Waals surface area contributed by atoms with Gasteiger partial charge in [-0.1, -0.05) is 12.1 Å². The molecule has 1 amide bonds. The molecule has 20 heavy (non-hydrogen) atoms. The quantitative estimate of drug-likeness (QED) is 0.829. The van der Waals surface area contributed by atoms with Gasteiger partial charge < -0.3 is 15.4 Å². The zero-order valence-electron chi connectivity index (χ0n) is 10.7. The second kappa shape index (κ2) is 5.13. The fourth-order valence-corrected chi connectivity index (χ4v) is 2.32. The van der Waals surface area contributed by atoms with E-state index in [2.05, 4.69) is 31.5 Å². The number of hydrogen-bond acceptors (Lipinski definition) is 4. The van der Waals surface area contributed by atoms with Gasteiger partial charge in [0.25, 0.3) is 5.91 Å². The Hall–Kier alpha value is -2.08. The number of anilines is 2. The summed E-state index contributed by atoms with van der Waals surface area (Å²) >= 11 is 3.26. The van der Waals surface area contributed by atoms with Crippen LogP contribution in [0.1, 0.15) is 11.7 Å². The lowest BCUT2D eigenvalue weighted by Gasteiger charge is -2.25. The van der Waals surface area contributed by atoms with E-state index in [1.54, 1.807) is 12.1 Å². The molecule has 0 fully saturated rings. The van der Waals surface area contributed by atoms with Gasteiger partial charge in [0.1, 0.15) is 4.60 Å². The largest absolute Gasteiger partial charge is 0.472 e. The number of carbonyl (C=O) groups is 1. The van der Waals surface area contributed by atoms with Gasteiger partial charge in [-0.2, -0.15) is 0 Å². The molecule has 2 N–H and O–H groups in total. The number of aromatic nitrogens is 1. The lowest BCUT2D eigenvalue weighted by Crippen LogP contribution is -2.30. The van der Waals surface area contributed by atoms with Crippen LogP contribution < -0.4 is 15.4 Å². The highest BCUT2D eigenvalue weighted by Crippen LogP contribution is 2.34. The molecule has 0 saturated heterocycles. The Bertz CT molecular complexity index is 658. The maximum Gasteiger partial charge on any atom is 0.271 e. The van der Waals surface area contributed by atoms with Gasteiger partial charge in [-0.15, -0.1) is 0 Å². The van der Waals surface area contributed by atoms with E-state index in [1.165, 1.54) is 0 Å². The number of nitrogens with one attached hydrogen (secondary N) is 2. The van der Waals surface area contributed by atoms with Gasteiger partial charge in [0.05, 0.1) is 0 Å². The summed E-state index contributed by atoms with van der Waals surface area (Å²) < 4.78 is 6.39. The van der Waals surface area contributed by atoms with Crippen molar-refractivity contribution in [2.75, 3.05) is 17.7 Å². The average molecular weight is 334 g/mol. The topological polar surface area (TPSA) is 63.2 Å². The Morgan fingerprint density at radius 1 is 1.25 bits per heavy atom. The molecule has 1 aliphatic rings. The number of ether oxygens (including phenoxy) is 1. The zero-order valence-corrected chi connectivity index (χ0v) is 12.3. The summed E-state index contributed by atoms with van der Waals surface area (Å²) in [5.74, 6) is 0.781. The van der Waals surface area contributed by atoms with Gasteiger partial charge in [-0.25, -0.2) is 4.98 Å². The van der Waals surface area contributed by atoms with Crippen LogP contribution in [0.15, 0.2) is 41.0 Å². The van der Waals surface area contributed by atoms with Crippen molar-refractivity contribution >= 4 is 33.3 Å². The first-order valence-corrected chi connectivity index (χ1v) is 6.88. The summed E-state index contributed by atoms with van der Waals surface area (Å²) in [5.41, 5.74) is 1.78. The number of halogens is 1. The lowest BCUT2D eigenvalue weighted by atomic mass is 10.1. The monoisotopic (exact) mass is 333 g/mol. The van der Waals surface area contributed by atoms with Crippen molar-refractivity contribution in [2.45, 2.75) is 6.10 Å². The Balaban J connectivity index is 1.91. The van der Waals surface area contributed by atoms with Crippen LogP contribution in [0.3, 0.4) is 0 Å². The van der Waals surface area contributed by atoms with Crippen molar-refractivity contribution in [3.63, 3.8) is 0 Å². The van der Waals surface area contributed by atoms with Crippen LogP contribution in [0.25, 0.3) is 0 Å². The minimum Gasteiger partial charge on any atom is -0.472 e. The number of nitrogens with zero attached hydrogens (tertiary/aromatic N) is 1. The van der Waals surface area contributed by atoms with Crippen LogP contribution in [0.2, 0.25) is 0 Å². The first-order chi connectivity index (χ1) is 9.67. The van der Waals surface area contributed by atoms with Crippen molar-refractivity contribution in [3.8, 4) is 5.75 Å². The molecule has 1 aromatic heterocycles. The minimum atomic E-state index is -0.656. The van der Waals surface area contributed by atoms with Crippen LogP contribution in [0.4, 0.5) is 11.5 Å². The van der Waals surface area contributed by atoms with E-state index < -0.39 is 6.10 Å². The summed E-state index contributed by atoms with van der Waals surface area (Å²) in [6.07, 6.45) is -0.656. The van der Waals surface area contributed by atoms with Crippen molar-refractivity contribution in [2.24, 2.45) is 0 Å². The third-order valence-electron chi connectivity index (χ3n) is 3.05.